The van der Waals surface area contributed by atoms with E-state index in [1.54, 1.807) is 0 Å². The highest BCUT2D eigenvalue weighted by Crippen LogP contribution is 2.38. The molecular weight excluding hydrogens is 455 g/mol. The van der Waals surface area contributed by atoms with Gasteiger partial charge in [-0.05, 0) is 42.0 Å². The van der Waals surface area contributed by atoms with Gasteiger partial charge >= 0.3 is 33.5 Å². The number of halogens is 5. The first kappa shape index (κ1) is 24.2. The minimum atomic E-state index is -6.55. The zero-order valence-corrected chi connectivity index (χ0v) is 16.3. The molecule has 1 N–H and O–H groups in total. The summed E-state index contributed by atoms with van der Waals surface area (Å²) in [6, 6.07) is 7.09. The summed E-state index contributed by atoms with van der Waals surface area (Å²) in [5, 5.41) is -5.24. The Bertz CT molecular complexity index is 1160. The van der Waals surface area contributed by atoms with Crippen LogP contribution in [0.15, 0.2) is 48.6 Å². The maximum Gasteiger partial charge on any atom is 0.432 e. The first-order chi connectivity index (χ1) is 14.0. The molecule has 0 saturated heterocycles. The van der Waals surface area contributed by atoms with Crippen LogP contribution < -0.4 is 4.74 Å². The molecule has 168 valence electrons. The quantitative estimate of drug-likeness (QED) is 0.225. The van der Waals surface area contributed by atoms with Crippen molar-refractivity contribution < 1.29 is 54.0 Å². The smallest absolute Gasteiger partial charge is 0.432 e. The summed E-state index contributed by atoms with van der Waals surface area (Å²) in [5.41, 5.74) is -0.487. The third-order valence-electron chi connectivity index (χ3n) is 3.78. The van der Waals surface area contributed by atoms with Crippen molar-refractivity contribution in [1.29, 1.82) is 0 Å². The third kappa shape index (κ3) is 5.35. The topological polar surface area (TPSA) is 107 Å². The number of esters is 2. The van der Waals surface area contributed by atoms with E-state index >= 15 is 0 Å². The number of rotatable bonds is 6. The average molecular weight is 468 g/mol. The first-order valence-electron chi connectivity index (χ1n) is 8.08. The van der Waals surface area contributed by atoms with Gasteiger partial charge in [-0.1, -0.05) is 18.7 Å². The SMILES string of the molecule is C=C(C)C(=O)Oc1ccc2cc(C(=O)OC(C(F)(F)F)C(F)(F)S(=O)(=O)O)ccc2c1. The number of carbonyl (C=O) groups is 2. The first-order valence-corrected chi connectivity index (χ1v) is 9.52. The molecule has 0 heterocycles. The van der Waals surface area contributed by atoms with E-state index in [9.17, 15) is 40.0 Å². The number of ether oxygens (including phenoxy) is 2. The largest absolute Gasteiger partial charge is 0.441 e. The average Bonchev–Trinajstić information content (AvgIpc) is 2.63. The van der Waals surface area contributed by atoms with Gasteiger partial charge in [0, 0.05) is 5.57 Å². The van der Waals surface area contributed by atoms with Crippen molar-refractivity contribution in [1.82, 2.24) is 0 Å². The number of hydrogen-bond donors (Lipinski definition) is 1. The molecule has 0 aliphatic carbocycles. The molecule has 31 heavy (non-hydrogen) atoms. The highest BCUT2D eigenvalue weighted by atomic mass is 32.2. The van der Waals surface area contributed by atoms with Gasteiger partial charge in [0.25, 0.3) is 6.10 Å². The maximum atomic E-state index is 13.5. The molecule has 0 spiro atoms. The van der Waals surface area contributed by atoms with Gasteiger partial charge in [-0.15, -0.1) is 0 Å². The van der Waals surface area contributed by atoms with Crippen molar-refractivity contribution in [3.63, 3.8) is 0 Å². The Labute approximate surface area is 171 Å². The highest BCUT2D eigenvalue weighted by Gasteiger charge is 2.66. The van der Waals surface area contributed by atoms with E-state index in [-0.39, 0.29) is 16.7 Å². The fourth-order valence-corrected chi connectivity index (χ4v) is 2.70. The van der Waals surface area contributed by atoms with Crippen molar-refractivity contribution in [2.45, 2.75) is 24.5 Å². The van der Waals surface area contributed by atoms with Crippen LogP contribution in [0.2, 0.25) is 0 Å². The monoisotopic (exact) mass is 468 g/mol. The lowest BCUT2D eigenvalue weighted by Crippen LogP contribution is -2.52. The molecule has 0 bridgehead atoms. The Morgan fingerprint density at radius 3 is 2.10 bits per heavy atom. The van der Waals surface area contributed by atoms with Crippen LogP contribution in [-0.4, -0.2) is 42.4 Å². The summed E-state index contributed by atoms with van der Waals surface area (Å²) in [7, 11) is -6.55. The molecule has 0 amide bonds. The van der Waals surface area contributed by atoms with Gasteiger partial charge in [0.15, 0.2) is 0 Å². The summed E-state index contributed by atoms with van der Waals surface area (Å²) >= 11 is 0. The molecule has 1 atom stereocenters. The molecule has 13 heteroatoms. The van der Waals surface area contributed by atoms with Crippen LogP contribution in [0.3, 0.4) is 0 Å². The number of alkyl halides is 5. The maximum absolute atomic E-state index is 13.5. The number of benzene rings is 2. The second-order valence-corrected chi connectivity index (χ2v) is 7.75. The van der Waals surface area contributed by atoms with Gasteiger partial charge in [0.05, 0.1) is 5.56 Å². The summed E-state index contributed by atoms with van der Waals surface area (Å²) in [6.45, 7) is 4.82. The lowest BCUT2D eigenvalue weighted by Gasteiger charge is -2.26. The van der Waals surface area contributed by atoms with Crippen molar-refractivity contribution in [3.8, 4) is 5.75 Å². The summed E-state index contributed by atoms with van der Waals surface area (Å²) in [4.78, 5) is 23.5. The minimum Gasteiger partial charge on any atom is -0.441 e. The number of carbonyl (C=O) groups excluding carboxylic acids is 2. The van der Waals surface area contributed by atoms with Crippen LogP contribution in [0.4, 0.5) is 22.0 Å². The molecule has 0 aliphatic heterocycles. The molecule has 7 nitrogen and oxygen atoms in total. The van der Waals surface area contributed by atoms with Gasteiger partial charge in [-0.25, -0.2) is 9.59 Å². The third-order valence-corrected chi connectivity index (χ3v) is 4.68. The second-order valence-electron chi connectivity index (χ2n) is 6.26. The van der Waals surface area contributed by atoms with Crippen molar-refractivity contribution in [2.75, 3.05) is 0 Å². The molecule has 0 radical (unpaired) electrons. The van der Waals surface area contributed by atoms with Crippen LogP contribution in [0, 0.1) is 0 Å². The van der Waals surface area contributed by atoms with E-state index in [1.807, 2.05) is 0 Å². The van der Waals surface area contributed by atoms with Crippen molar-refractivity contribution in [2.24, 2.45) is 0 Å². The van der Waals surface area contributed by atoms with E-state index in [0.29, 0.717) is 5.39 Å². The molecule has 1 unspecified atom stereocenters. The fraction of sp³-hybridized carbons (Fsp3) is 0.222. The van der Waals surface area contributed by atoms with Gasteiger partial charge in [0.1, 0.15) is 5.75 Å². The standard InChI is InChI=1S/C18H13F5O7S/c1-9(2)14(24)29-13-6-5-10-7-12(4-3-11(10)8-13)15(25)30-16(17(19,20)21)18(22,23)31(26,27)28/h3-8,16H,1H2,2H3,(H,26,27,28). The Hall–Kier alpha value is -3.06. The molecule has 2 aromatic carbocycles. The summed E-state index contributed by atoms with van der Waals surface area (Å²) in [6.07, 6.45) is -10.4. The number of hydrogen-bond acceptors (Lipinski definition) is 6. The molecule has 0 aromatic heterocycles. The Morgan fingerprint density at radius 1 is 1.03 bits per heavy atom. The van der Waals surface area contributed by atoms with Crippen LogP contribution in [0.25, 0.3) is 10.8 Å². The van der Waals surface area contributed by atoms with Crippen molar-refractivity contribution >= 4 is 32.8 Å². The van der Waals surface area contributed by atoms with Gasteiger partial charge in [-0.2, -0.15) is 30.4 Å². The lowest BCUT2D eigenvalue weighted by molar-refractivity contribution is -0.248. The fourth-order valence-electron chi connectivity index (χ4n) is 2.24. The normalized spacial score (nSPS) is 13.5. The molecule has 0 saturated carbocycles. The van der Waals surface area contributed by atoms with E-state index in [1.165, 1.54) is 31.2 Å². The predicted molar refractivity (Wildman–Crippen MR) is 96.2 cm³/mol. The summed E-state index contributed by atoms with van der Waals surface area (Å²) < 4.78 is 104. The van der Waals surface area contributed by atoms with Crippen LogP contribution in [0.1, 0.15) is 17.3 Å². The van der Waals surface area contributed by atoms with E-state index in [4.69, 9.17) is 9.29 Å². The Kier molecular flexibility index (Phi) is 6.43. The molecule has 0 aliphatic rings. The number of fused-ring (bicyclic) bond motifs is 1. The van der Waals surface area contributed by atoms with E-state index < -0.39 is 45.2 Å². The van der Waals surface area contributed by atoms with Crippen LogP contribution in [0.5, 0.6) is 5.75 Å². The Morgan fingerprint density at radius 2 is 1.58 bits per heavy atom. The molecule has 2 aromatic rings. The van der Waals surface area contributed by atoms with Crippen molar-refractivity contribution in [3.05, 3.63) is 54.1 Å². The van der Waals surface area contributed by atoms with Gasteiger partial charge < -0.3 is 9.47 Å². The van der Waals surface area contributed by atoms with Crippen LogP contribution in [-0.2, 0) is 19.6 Å². The highest BCUT2D eigenvalue weighted by molar-refractivity contribution is 7.86. The lowest BCUT2D eigenvalue weighted by atomic mass is 10.1. The van der Waals surface area contributed by atoms with E-state index in [2.05, 4.69) is 11.3 Å². The van der Waals surface area contributed by atoms with Gasteiger partial charge in [-0.3, -0.25) is 4.55 Å². The minimum absolute atomic E-state index is 0.0979. The zero-order chi connectivity index (χ0) is 23.8. The van der Waals surface area contributed by atoms with E-state index in [0.717, 1.165) is 12.1 Å². The summed E-state index contributed by atoms with van der Waals surface area (Å²) in [5.74, 6) is -2.52. The molecule has 0 fully saturated rings. The zero-order valence-electron chi connectivity index (χ0n) is 15.4. The van der Waals surface area contributed by atoms with Gasteiger partial charge in [0.2, 0.25) is 0 Å². The second kappa shape index (κ2) is 8.23. The van der Waals surface area contributed by atoms with Crippen LogP contribution >= 0.6 is 0 Å². The predicted octanol–water partition coefficient (Wildman–Crippen LogP) is 3.89. The molecular formula is C18H13F5O7S. The Balaban J connectivity index is 2.34. The molecule has 2 rings (SSSR count).